The van der Waals surface area contributed by atoms with Gasteiger partial charge in [0, 0.05) is 12.4 Å². The molecule has 0 fully saturated rings. The highest BCUT2D eigenvalue weighted by Gasteiger charge is 2.12. The molecule has 17 heavy (non-hydrogen) atoms. The lowest BCUT2D eigenvalue weighted by molar-refractivity contribution is 0.318. The summed E-state index contributed by atoms with van der Waals surface area (Å²) in [4.78, 5) is 8.25. The average molecular weight is 344 g/mol. The predicted molar refractivity (Wildman–Crippen MR) is 69.1 cm³/mol. The van der Waals surface area contributed by atoms with Gasteiger partial charge in [-0.25, -0.2) is 14.6 Å². The molecule has 8 heteroatoms. The molecule has 2 aromatic heterocycles. The third kappa shape index (κ3) is 2.35. The molecule has 0 bridgehead atoms. The van der Waals surface area contributed by atoms with Gasteiger partial charge in [-0.05, 0) is 29.5 Å². The van der Waals surface area contributed by atoms with Crippen LogP contribution in [0.4, 0.5) is 0 Å². The van der Waals surface area contributed by atoms with Crippen LogP contribution in [0.25, 0.3) is 5.82 Å². The van der Waals surface area contributed by atoms with Crippen molar-refractivity contribution >= 4 is 28.4 Å². The number of oxime groups is 1. The fraction of sp³-hybridized carbons (Fsp3) is 0.111. The summed E-state index contributed by atoms with van der Waals surface area (Å²) in [5.74, 6) is 1.02. The number of amidine groups is 1. The van der Waals surface area contributed by atoms with Crippen LogP contribution in [0.5, 0.6) is 0 Å². The Morgan fingerprint density at radius 3 is 2.88 bits per heavy atom. The Hall–Kier alpha value is -1.71. The molecule has 0 unspecified atom stereocenters. The summed E-state index contributed by atoms with van der Waals surface area (Å²) in [6.45, 7) is 1.76. The predicted octanol–water partition coefficient (Wildman–Crippen LogP) is 0.670. The van der Waals surface area contributed by atoms with E-state index in [1.165, 1.54) is 6.20 Å². The first-order valence-electron chi connectivity index (χ1n) is 4.64. The number of aryl methyl sites for hydroxylation is 1. The van der Waals surface area contributed by atoms with E-state index in [1.54, 1.807) is 24.0 Å². The molecule has 2 aromatic rings. The lowest BCUT2D eigenvalue weighted by Gasteiger charge is -2.07. The summed E-state index contributed by atoms with van der Waals surface area (Å²) in [7, 11) is 0. The third-order valence-electron chi connectivity index (χ3n) is 2.04. The van der Waals surface area contributed by atoms with Gasteiger partial charge in [-0.2, -0.15) is 5.10 Å². The highest BCUT2D eigenvalue weighted by atomic mass is 127. The maximum Gasteiger partial charge on any atom is 0.175 e. The smallest absolute Gasteiger partial charge is 0.175 e. The molecule has 0 radical (unpaired) electrons. The Morgan fingerprint density at radius 1 is 1.53 bits per heavy atom. The van der Waals surface area contributed by atoms with Gasteiger partial charge in [0.1, 0.15) is 5.82 Å². The maximum absolute atomic E-state index is 8.71. The van der Waals surface area contributed by atoms with Crippen molar-refractivity contribution in [1.82, 2.24) is 19.7 Å². The van der Waals surface area contributed by atoms with Gasteiger partial charge in [0.2, 0.25) is 0 Å². The van der Waals surface area contributed by atoms with Crippen molar-refractivity contribution < 1.29 is 5.21 Å². The van der Waals surface area contributed by atoms with Gasteiger partial charge >= 0.3 is 0 Å². The molecule has 0 aliphatic carbocycles. The number of aromatic nitrogens is 4. The molecular weight excluding hydrogens is 335 g/mol. The minimum Gasteiger partial charge on any atom is -0.409 e. The van der Waals surface area contributed by atoms with Gasteiger partial charge in [0.15, 0.2) is 11.7 Å². The van der Waals surface area contributed by atoms with Crippen LogP contribution in [0.15, 0.2) is 23.7 Å². The lowest BCUT2D eigenvalue weighted by Crippen LogP contribution is -2.18. The van der Waals surface area contributed by atoms with Crippen molar-refractivity contribution in [3.8, 4) is 5.82 Å². The topological polar surface area (TPSA) is 102 Å². The molecule has 3 N–H and O–H groups in total. The van der Waals surface area contributed by atoms with Crippen molar-refractivity contribution in [1.29, 1.82) is 0 Å². The molecule has 2 heterocycles. The molecule has 2 rings (SSSR count). The first-order chi connectivity index (χ1) is 8.11. The van der Waals surface area contributed by atoms with Crippen LogP contribution in [-0.2, 0) is 0 Å². The number of hydrogen-bond donors (Lipinski definition) is 2. The third-order valence-corrected chi connectivity index (χ3v) is 2.60. The molecule has 0 atom stereocenters. The zero-order valence-corrected chi connectivity index (χ0v) is 11.0. The van der Waals surface area contributed by atoms with Gasteiger partial charge in [0.25, 0.3) is 0 Å². The van der Waals surface area contributed by atoms with Gasteiger partial charge in [-0.1, -0.05) is 5.16 Å². The van der Waals surface area contributed by atoms with Crippen molar-refractivity contribution in [2.45, 2.75) is 6.92 Å². The summed E-state index contributed by atoms with van der Waals surface area (Å²) in [5, 5.41) is 15.8. The lowest BCUT2D eigenvalue weighted by atomic mass is 10.3. The van der Waals surface area contributed by atoms with Crippen LogP contribution in [0.3, 0.4) is 0 Å². The molecule has 7 nitrogen and oxygen atoms in total. The largest absolute Gasteiger partial charge is 0.409 e. The summed E-state index contributed by atoms with van der Waals surface area (Å²) in [6, 6.07) is 0. The zero-order chi connectivity index (χ0) is 12.4. The summed E-state index contributed by atoms with van der Waals surface area (Å²) < 4.78 is 2.52. The monoisotopic (exact) mass is 344 g/mol. The molecule has 0 aliphatic heterocycles. The van der Waals surface area contributed by atoms with Crippen LogP contribution in [0, 0.1) is 10.5 Å². The molecule has 0 aliphatic rings. The second kappa shape index (κ2) is 4.65. The van der Waals surface area contributed by atoms with Gasteiger partial charge in [0.05, 0.1) is 15.3 Å². The van der Waals surface area contributed by atoms with E-state index in [1.807, 2.05) is 0 Å². The molecular formula is C9H9IN6O. The first-order valence-corrected chi connectivity index (χ1v) is 5.72. The average Bonchev–Trinajstić information content (AvgIpc) is 2.75. The van der Waals surface area contributed by atoms with Crippen LogP contribution >= 0.6 is 22.6 Å². The molecule has 88 valence electrons. The minimum atomic E-state index is -0.0505. The van der Waals surface area contributed by atoms with Crippen molar-refractivity contribution in [3.63, 3.8) is 0 Å². The number of hydrogen-bond acceptors (Lipinski definition) is 5. The number of halogens is 1. The zero-order valence-electron chi connectivity index (χ0n) is 8.87. The Bertz CT molecular complexity index is 579. The van der Waals surface area contributed by atoms with E-state index in [4.69, 9.17) is 10.9 Å². The maximum atomic E-state index is 8.71. The van der Waals surface area contributed by atoms with Crippen LogP contribution in [0.2, 0.25) is 0 Å². The van der Waals surface area contributed by atoms with Gasteiger partial charge < -0.3 is 10.9 Å². The Labute approximate surface area is 111 Å². The standard InChI is InChI=1S/C9H9IN6O/c1-5-12-3-7(8(11)15-17)9(14-5)16-4-6(10)2-13-16/h2-4,17H,1H3,(H2,11,15). The highest BCUT2D eigenvalue weighted by molar-refractivity contribution is 14.1. The summed E-state index contributed by atoms with van der Waals surface area (Å²) in [6.07, 6.45) is 4.98. The van der Waals surface area contributed by atoms with E-state index in [0.29, 0.717) is 17.2 Å². The van der Waals surface area contributed by atoms with E-state index < -0.39 is 0 Å². The Kier molecular flexibility index (Phi) is 3.22. The minimum absolute atomic E-state index is 0.0505. The Morgan fingerprint density at radius 2 is 2.29 bits per heavy atom. The molecule has 0 amide bonds. The van der Waals surface area contributed by atoms with Crippen molar-refractivity contribution in [2.75, 3.05) is 0 Å². The highest BCUT2D eigenvalue weighted by Crippen LogP contribution is 2.12. The van der Waals surface area contributed by atoms with Crippen LogP contribution in [0.1, 0.15) is 11.4 Å². The molecule has 0 spiro atoms. The van der Waals surface area contributed by atoms with Crippen molar-refractivity contribution in [2.24, 2.45) is 10.9 Å². The van der Waals surface area contributed by atoms with E-state index >= 15 is 0 Å². The van der Waals surface area contributed by atoms with Crippen LogP contribution in [-0.4, -0.2) is 30.8 Å². The van der Waals surface area contributed by atoms with Gasteiger partial charge in [-0.15, -0.1) is 0 Å². The fourth-order valence-corrected chi connectivity index (χ4v) is 1.67. The SMILES string of the molecule is Cc1ncc(/C(N)=N/O)c(-n2cc(I)cn2)n1. The second-order valence-electron chi connectivity index (χ2n) is 3.24. The fourth-order valence-electron chi connectivity index (χ4n) is 1.28. The van der Waals surface area contributed by atoms with E-state index in [2.05, 4.69) is 42.8 Å². The van der Waals surface area contributed by atoms with Crippen molar-refractivity contribution in [3.05, 3.63) is 33.5 Å². The quantitative estimate of drug-likeness (QED) is 0.274. The van der Waals surface area contributed by atoms with E-state index in [-0.39, 0.29) is 5.84 Å². The molecule has 0 saturated carbocycles. The number of nitrogens with two attached hydrogens (primary N) is 1. The first kappa shape index (κ1) is 11.8. The van der Waals surface area contributed by atoms with E-state index in [0.717, 1.165) is 3.57 Å². The Balaban J connectivity index is 2.62. The normalized spacial score (nSPS) is 11.8. The van der Waals surface area contributed by atoms with Gasteiger partial charge in [-0.3, -0.25) is 0 Å². The second-order valence-corrected chi connectivity index (χ2v) is 4.49. The summed E-state index contributed by atoms with van der Waals surface area (Å²) >= 11 is 2.14. The molecule has 0 aromatic carbocycles. The van der Waals surface area contributed by atoms with Crippen LogP contribution < -0.4 is 5.73 Å². The number of rotatable bonds is 2. The van der Waals surface area contributed by atoms with E-state index in [9.17, 15) is 0 Å². The number of nitrogens with zero attached hydrogens (tertiary/aromatic N) is 5. The summed E-state index contributed by atoms with van der Waals surface area (Å²) in [5.41, 5.74) is 5.99. The molecule has 0 saturated heterocycles.